The average molecular weight is 306 g/mol. The number of thiophene rings is 1. The molecule has 1 aliphatic rings. The highest BCUT2D eigenvalue weighted by molar-refractivity contribution is 7.98. The zero-order valence-corrected chi connectivity index (χ0v) is 12.0. The monoisotopic (exact) mass is 306 g/mol. The van der Waals surface area contributed by atoms with Crippen molar-refractivity contribution in [3.8, 4) is 10.8 Å². The molecule has 3 heterocycles. The molecule has 0 amide bonds. The number of rotatable bonds is 5. The first kappa shape index (κ1) is 12.0. The molecule has 0 aromatic carbocycles. The van der Waals surface area contributed by atoms with E-state index in [4.69, 9.17) is 4.52 Å². The van der Waals surface area contributed by atoms with Gasteiger partial charge in [-0.25, -0.2) is 4.68 Å². The highest BCUT2D eigenvalue weighted by Gasteiger charge is 2.28. The van der Waals surface area contributed by atoms with E-state index in [0.29, 0.717) is 23.5 Å². The molecule has 4 rings (SSSR count). The van der Waals surface area contributed by atoms with Gasteiger partial charge in [-0.15, -0.1) is 16.4 Å². The van der Waals surface area contributed by atoms with Crippen LogP contribution in [-0.2, 0) is 5.75 Å². The molecule has 1 aliphatic carbocycles. The summed E-state index contributed by atoms with van der Waals surface area (Å²) in [7, 11) is 0. The molecule has 0 radical (unpaired) electrons. The molecule has 0 N–H and O–H groups in total. The predicted octanol–water partition coefficient (Wildman–Crippen LogP) is 2.41. The predicted molar refractivity (Wildman–Crippen MR) is 73.3 cm³/mol. The molecule has 0 unspecified atom stereocenters. The number of nitrogens with zero attached hydrogens (tertiary/aromatic N) is 6. The summed E-state index contributed by atoms with van der Waals surface area (Å²) in [6, 6.07) is 4.39. The van der Waals surface area contributed by atoms with Gasteiger partial charge >= 0.3 is 0 Å². The Morgan fingerprint density at radius 3 is 3.20 bits per heavy atom. The van der Waals surface area contributed by atoms with E-state index in [-0.39, 0.29) is 0 Å². The van der Waals surface area contributed by atoms with Crippen LogP contribution in [0.2, 0.25) is 0 Å². The molecule has 3 aromatic heterocycles. The Kier molecular flexibility index (Phi) is 3.00. The van der Waals surface area contributed by atoms with Crippen LogP contribution < -0.4 is 0 Å². The number of hydrogen-bond acceptors (Lipinski definition) is 8. The van der Waals surface area contributed by atoms with E-state index < -0.39 is 0 Å². The van der Waals surface area contributed by atoms with Gasteiger partial charge in [-0.3, -0.25) is 0 Å². The fourth-order valence-electron chi connectivity index (χ4n) is 1.77. The van der Waals surface area contributed by atoms with Gasteiger partial charge in [-0.1, -0.05) is 23.0 Å². The third kappa shape index (κ3) is 2.34. The van der Waals surface area contributed by atoms with Gasteiger partial charge in [0.1, 0.15) is 0 Å². The van der Waals surface area contributed by atoms with E-state index >= 15 is 0 Å². The highest BCUT2D eigenvalue weighted by Crippen LogP contribution is 2.36. The number of thioether (sulfide) groups is 1. The van der Waals surface area contributed by atoms with Gasteiger partial charge in [0.15, 0.2) is 5.82 Å². The zero-order valence-electron chi connectivity index (χ0n) is 10.3. The normalized spacial score (nSPS) is 14.8. The molecule has 1 saturated carbocycles. The van der Waals surface area contributed by atoms with Gasteiger partial charge in [0.25, 0.3) is 5.89 Å². The zero-order chi connectivity index (χ0) is 13.4. The lowest BCUT2D eigenvalue weighted by molar-refractivity contribution is 0.426. The van der Waals surface area contributed by atoms with Crippen molar-refractivity contribution in [2.75, 3.05) is 0 Å². The summed E-state index contributed by atoms with van der Waals surface area (Å²) in [5.41, 5.74) is 0. The van der Waals surface area contributed by atoms with E-state index in [1.165, 1.54) is 11.8 Å². The van der Waals surface area contributed by atoms with Crippen LogP contribution in [0.5, 0.6) is 0 Å². The Hall–Kier alpha value is -1.74. The van der Waals surface area contributed by atoms with Gasteiger partial charge in [0.05, 0.1) is 16.7 Å². The lowest BCUT2D eigenvalue weighted by atomic mass is 10.5. The largest absolute Gasteiger partial charge is 0.333 e. The van der Waals surface area contributed by atoms with E-state index in [1.54, 1.807) is 11.3 Å². The highest BCUT2D eigenvalue weighted by atomic mass is 32.2. The van der Waals surface area contributed by atoms with Gasteiger partial charge in [0, 0.05) is 0 Å². The number of aromatic nitrogens is 6. The molecule has 0 bridgehead atoms. The van der Waals surface area contributed by atoms with Crippen LogP contribution in [0.15, 0.2) is 27.2 Å². The maximum absolute atomic E-state index is 5.25. The Labute approximate surface area is 122 Å². The summed E-state index contributed by atoms with van der Waals surface area (Å²) in [6.45, 7) is 0. The molecule has 102 valence electrons. The summed E-state index contributed by atoms with van der Waals surface area (Å²) < 4.78 is 7.13. The minimum atomic E-state index is 0.472. The second-order valence-corrected chi connectivity index (χ2v) is 6.31. The molecule has 9 heteroatoms. The van der Waals surface area contributed by atoms with E-state index in [2.05, 4.69) is 25.7 Å². The molecule has 0 spiro atoms. The van der Waals surface area contributed by atoms with Crippen molar-refractivity contribution < 1.29 is 4.52 Å². The van der Waals surface area contributed by atoms with E-state index in [0.717, 1.165) is 22.9 Å². The summed E-state index contributed by atoms with van der Waals surface area (Å²) in [5.74, 6) is 1.82. The van der Waals surface area contributed by atoms with Gasteiger partial charge in [-0.05, 0) is 34.7 Å². The Balaban J connectivity index is 1.45. The third-order valence-corrected chi connectivity index (χ3v) is 4.67. The van der Waals surface area contributed by atoms with Crippen LogP contribution in [0.3, 0.4) is 0 Å². The first-order chi connectivity index (χ1) is 9.90. The minimum Gasteiger partial charge on any atom is -0.333 e. The lowest BCUT2D eigenvalue weighted by Crippen LogP contribution is -1.99. The van der Waals surface area contributed by atoms with Crippen LogP contribution in [0.4, 0.5) is 0 Å². The maximum Gasteiger partial charge on any atom is 0.268 e. The smallest absolute Gasteiger partial charge is 0.268 e. The van der Waals surface area contributed by atoms with Crippen molar-refractivity contribution >= 4 is 23.1 Å². The fraction of sp³-hybridized carbons (Fsp3) is 0.364. The second-order valence-electron chi connectivity index (χ2n) is 4.42. The molecule has 20 heavy (non-hydrogen) atoms. The first-order valence-electron chi connectivity index (χ1n) is 6.17. The topological polar surface area (TPSA) is 82.5 Å². The van der Waals surface area contributed by atoms with Gasteiger partial charge < -0.3 is 4.52 Å². The van der Waals surface area contributed by atoms with Crippen LogP contribution in [0.1, 0.15) is 24.7 Å². The standard InChI is InChI=1S/C11H10N6OS2/c1-2-8(19-5-1)10-12-9(14-18-10)6-20-11-13-15-16-17(11)7-3-4-7/h1-2,5,7H,3-4,6H2. The molecule has 1 fully saturated rings. The van der Waals surface area contributed by atoms with Crippen molar-refractivity contribution in [2.45, 2.75) is 29.8 Å². The van der Waals surface area contributed by atoms with Crippen LogP contribution >= 0.6 is 23.1 Å². The van der Waals surface area contributed by atoms with Crippen molar-refractivity contribution in [2.24, 2.45) is 0 Å². The van der Waals surface area contributed by atoms with Crippen LogP contribution in [0, 0.1) is 0 Å². The molecule has 3 aromatic rings. The summed E-state index contributed by atoms with van der Waals surface area (Å²) in [5, 5.41) is 18.5. The summed E-state index contributed by atoms with van der Waals surface area (Å²) in [6.07, 6.45) is 2.31. The van der Waals surface area contributed by atoms with E-state index in [1.807, 2.05) is 22.2 Å². The molecular weight excluding hydrogens is 296 g/mol. The molecule has 0 aliphatic heterocycles. The Bertz CT molecular complexity index is 702. The van der Waals surface area contributed by atoms with Crippen molar-refractivity contribution in [1.82, 2.24) is 30.3 Å². The average Bonchev–Trinajstić information content (AvgIpc) is 2.93. The van der Waals surface area contributed by atoms with Crippen molar-refractivity contribution in [3.05, 3.63) is 23.3 Å². The third-order valence-electron chi connectivity index (χ3n) is 2.89. The van der Waals surface area contributed by atoms with Crippen molar-refractivity contribution in [1.29, 1.82) is 0 Å². The number of tetrazole rings is 1. The van der Waals surface area contributed by atoms with E-state index in [9.17, 15) is 0 Å². The molecule has 0 saturated heterocycles. The summed E-state index contributed by atoms with van der Waals surface area (Å²) in [4.78, 5) is 5.36. The second kappa shape index (κ2) is 4.98. The first-order valence-corrected chi connectivity index (χ1v) is 8.04. The molecular formula is C11H10N6OS2. The van der Waals surface area contributed by atoms with Crippen LogP contribution in [-0.4, -0.2) is 30.3 Å². The van der Waals surface area contributed by atoms with Gasteiger partial charge in [-0.2, -0.15) is 4.98 Å². The SMILES string of the molecule is c1csc(-c2nc(CSc3nnnn3C3CC3)no2)c1. The lowest BCUT2D eigenvalue weighted by Gasteiger charge is -1.99. The quantitative estimate of drug-likeness (QED) is 0.669. The maximum atomic E-state index is 5.25. The summed E-state index contributed by atoms with van der Waals surface area (Å²) >= 11 is 3.11. The molecule has 0 atom stereocenters. The Morgan fingerprint density at radius 1 is 1.45 bits per heavy atom. The fourth-order valence-corrected chi connectivity index (χ4v) is 3.20. The number of hydrogen-bond donors (Lipinski definition) is 0. The van der Waals surface area contributed by atoms with Crippen molar-refractivity contribution in [3.63, 3.8) is 0 Å². The molecule has 7 nitrogen and oxygen atoms in total. The minimum absolute atomic E-state index is 0.472. The van der Waals surface area contributed by atoms with Crippen LogP contribution in [0.25, 0.3) is 10.8 Å². The van der Waals surface area contributed by atoms with Gasteiger partial charge in [0.2, 0.25) is 5.16 Å². The Morgan fingerprint density at radius 2 is 2.40 bits per heavy atom.